The highest BCUT2D eigenvalue weighted by Gasteiger charge is 2.22. The summed E-state index contributed by atoms with van der Waals surface area (Å²) < 4.78 is 7.15. The molecule has 0 aromatic carbocycles. The van der Waals surface area contributed by atoms with E-state index in [2.05, 4.69) is 40.2 Å². The largest absolute Gasteiger partial charge is 0.448 e. The van der Waals surface area contributed by atoms with Crippen LogP contribution in [0.3, 0.4) is 0 Å². The van der Waals surface area contributed by atoms with Gasteiger partial charge in [0.2, 0.25) is 0 Å². The third-order valence-electron chi connectivity index (χ3n) is 4.50. The second-order valence-corrected chi connectivity index (χ2v) is 8.15. The molecule has 0 saturated carbocycles. The van der Waals surface area contributed by atoms with Gasteiger partial charge in [-0.15, -0.1) is 22.7 Å². The Bertz CT molecular complexity index is 956. The van der Waals surface area contributed by atoms with E-state index >= 15 is 0 Å². The van der Waals surface area contributed by atoms with Gasteiger partial charge in [-0.2, -0.15) is 0 Å². The summed E-state index contributed by atoms with van der Waals surface area (Å²) in [5.41, 5.74) is 5.47. The minimum Gasteiger partial charge on any atom is -0.448 e. The molecule has 0 radical (unpaired) electrons. The van der Waals surface area contributed by atoms with Gasteiger partial charge in [0, 0.05) is 40.7 Å². The average Bonchev–Trinajstić information content (AvgIpc) is 3.36. The average molecular weight is 389 g/mol. The molecule has 0 unspecified atom stereocenters. The van der Waals surface area contributed by atoms with Crippen LogP contribution in [0.4, 0.5) is 4.79 Å². The van der Waals surface area contributed by atoms with Crippen LogP contribution in [0.15, 0.2) is 16.8 Å². The monoisotopic (exact) mass is 388 g/mol. The van der Waals surface area contributed by atoms with Gasteiger partial charge in [-0.05, 0) is 26.8 Å². The van der Waals surface area contributed by atoms with Crippen LogP contribution in [0.2, 0.25) is 0 Å². The SMILES string of the molecule is Cc1csc(-n2c(C)cc(-c3csc(CCN4CCOC4=O)n3)c2C)n1. The van der Waals surface area contributed by atoms with Gasteiger partial charge in [-0.25, -0.2) is 14.8 Å². The molecule has 0 atom stereocenters. The normalized spacial score (nSPS) is 14.3. The molecule has 0 aliphatic carbocycles. The maximum Gasteiger partial charge on any atom is 0.409 e. The molecule has 3 aromatic heterocycles. The van der Waals surface area contributed by atoms with E-state index in [4.69, 9.17) is 9.72 Å². The van der Waals surface area contributed by atoms with E-state index in [1.807, 2.05) is 6.92 Å². The first-order chi connectivity index (χ1) is 12.5. The van der Waals surface area contributed by atoms with Gasteiger partial charge in [-0.1, -0.05) is 0 Å². The summed E-state index contributed by atoms with van der Waals surface area (Å²) in [6.45, 7) is 8.04. The number of nitrogens with zero attached hydrogens (tertiary/aromatic N) is 4. The fraction of sp³-hybridized carbons (Fsp3) is 0.389. The van der Waals surface area contributed by atoms with E-state index in [0.717, 1.165) is 44.9 Å². The van der Waals surface area contributed by atoms with Gasteiger partial charge in [0.25, 0.3) is 0 Å². The molecule has 3 aromatic rings. The predicted molar refractivity (Wildman–Crippen MR) is 103 cm³/mol. The molecule has 4 rings (SSSR count). The number of carbonyl (C=O) groups excluding carboxylic acids is 1. The summed E-state index contributed by atoms with van der Waals surface area (Å²) >= 11 is 3.29. The van der Waals surface area contributed by atoms with Crippen molar-refractivity contribution in [1.29, 1.82) is 0 Å². The number of rotatable bonds is 5. The molecule has 0 spiro atoms. The molecule has 1 aliphatic heterocycles. The molecule has 1 fully saturated rings. The van der Waals surface area contributed by atoms with E-state index in [-0.39, 0.29) is 6.09 Å². The molecular weight excluding hydrogens is 368 g/mol. The number of hydrogen-bond donors (Lipinski definition) is 0. The fourth-order valence-corrected chi connectivity index (χ4v) is 4.87. The summed E-state index contributed by atoms with van der Waals surface area (Å²) in [6, 6.07) is 2.17. The Morgan fingerprint density at radius 2 is 2.04 bits per heavy atom. The second-order valence-electron chi connectivity index (χ2n) is 6.37. The molecule has 4 heterocycles. The topological polar surface area (TPSA) is 60.2 Å². The van der Waals surface area contributed by atoms with E-state index in [1.165, 1.54) is 0 Å². The minimum absolute atomic E-state index is 0.218. The highest BCUT2D eigenvalue weighted by atomic mass is 32.1. The lowest BCUT2D eigenvalue weighted by atomic mass is 10.2. The van der Waals surface area contributed by atoms with Crippen molar-refractivity contribution in [3.05, 3.63) is 38.9 Å². The summed E-state index contributed by atoms with van der Waals surface area (Å²) in [5, 5.41) is 6.19. The molecule has 8 heteroatoms. The maximum atomic E-state index is 11.5. The lowest BCUT2D eigenvalue weighted by Gasteiger charge is -2.10. The Kier molecular flexibility index (Phi) is 4.54. The maximum absolute atomic E-state index is 11.5. The van der Waals surface area contributed by atoms with Gasteiger partial charge >= 0.3 is 6.09 Å². The van der Waals surface area contributed by atoms with Gasteiger partial charge in [-0.3, -0.25) is 4.57 Å². The van der Waals surface area contributed by atoms with Crippen LogP contribution in [-0.2, 0) is 11.2 Å². The predicted octanol–water partition coefficient (Wildman–Crippen LogP) is 3.98. The Labute approximate surface area is 160 Å². The summed E-state index contributed by atoms with van der Waals surface area (Å²) in [5.74, 6) is 0. The first-order valence-electron chi connectivity index (χ1n) is 8.51. The number of aromatic nitrogens is 3. The van der Waals surface area contributed by atoms with E-state index in [1.54, 1.807) is 27.6 Å². The fourth-order valence-electron chi connectivity index (χ4n) is 3.17. The number of hydrogen-bond acceptors (Lipinski definition) is 6. The number of ether oxygens (including phenoxy) is 1. The molecule has 1 aliphatic rings. The zero-order valence-electron chi connectivity index (χ0n) is 15.0. The smallest absolute Gasteiger partial charge is 0.409 e. The van der Waals surface area contributed by atoms with E-state index in [0.29, 0.717) is 19.7 Å². The van der Waals surface area contributed by atoms with E-state index < -0.39 is 0 Å². The van der Waals surface area contributed by atoms with Crippen molar-refractivity contribution >= 4 is 28.8 Å². The highest BCUT2D eigenvalue weighted by Crippen LogP contribution is 2.31. The molecule has 136 valence electrons. The number of aryl methyl sites for hydroxylation is 2. The number of cyclic esters (lactones) is 1. The van der Waals surface area contributed by atoms with Crippen molar-refractivity contribution in [3.8, 4) is 16.4 Å². The zero-order chi connectivity index (χ0) is 18.3. The van der Waals surface area contributed by atoms with Gasteiger partial charge in [0.05, 0.1) is 22.9 Å². The first kappa shape index (κ1) is 17.2. The minimum atomic E-state index is -0.218. The van der Waals surface area contributed by atoms with Crippen molar-refractivity contribution < 1.29 is 9.53 Å². The third-order valence-corrected chi connectivity index (χ3v) is 6.35. The lowest BCUT2D eigenvalue weighted by Crippen LogP contribution is -2.26. The first-order valence-corrected chi connectivity index (χ1v) is 10.3. The van der Waals surface area contributed by atoms with Crippen molar-refractivity contribution in [2.45, 2.75) is 27.2 Å². The Morgan fingerprint density at radius 1 is 1.19 bits per heavy atom. The molecule has 1 saturated heterocycles. The van der Waals surface area contributed by atoms with Crippen LogP contribution in [0, 0.1) is 20.8 Å². The van der Waals surface area contributed by atoms with Crippen LogP contribution >= 0.6 is 22.7 Å². The van der Waals surface area contributed by atoms with Crippen molar-refractivity contribution in [3.63, 3.8) is 0 Å². The molecule has 26 heavy (non-hydrogen) atoms. The van der Waals surface area contributed by atoms with Crippen LogP contribution in [0.25, 0.3) is 16.4 Å². The van der Waals surface area contributed by atoms with Crippen LogP contribution in [0.5, 0.6) is 0 Å². The number of thiazole rings is 2. The van der Waals surface area contributed by atoms with Gasteiger partial charge in [0.15, 0.2) is 5.13 Å². The number of amides is 1. The Balaban J connectivity index is 1.55. The van der Waals surface area contributed by atoms with Crippen molar-refractivity contribution in [2.75, 3.05) is 19.7 Å². The molecule has 1 amide bonds. The van der Waals surface area contributed by atoms with Gasteiger partial charge < -0.3 is 9.64 Å². The van der Waals surface area contributed by atoms with Crippen LogP contribution in [0.1, 0.15) is 22.1 Å². The second kappa shape index (κ2) is 6.85. The standard InChI is InChI=1S/C18H20N4O2S2/c1-11-9-26-17(19-11)22-12(2)8-14(13(22)3)15-10-25-16(20-15)4-5-21-6-7-24-18(21)23/h8-10H,4-7H2,1-3H3. The van der Waals surface area contributed by atoms with Crippen LogP contribution < -0.4 is 0 Å². The summed E-state index contributed by atoms with van der Waals surface area (Å²) in [6.07, 6.45) is 0.536. The zero-order valence-corrected chi connectivity index (χ0v) is 16.6. The quantitative estimate of drug-likeness (QED) is 0.663. The van der Waals surface area contributed by atoms with Gasteiger partial charge in [0.1, 0.15) is 6.61 Å². The number of carbonyl (C=O) groups is 1. The highest BCUT2D eigenvalue weighted by molar-refractivity contribution is 7.12. The van der Waals surface area contributed by atoms with E-state index in [9.17, 15) is 4.79 Å². The molecule has 0 bridgehead atoms. The molecule has 0 N–H and O–H groups in total. The van der Waals surface area contributed by atoms with Crippen LogP contribution in [-0.4, -0.2) is 45.2 Å². The molecule has 6 nitrogen and oxygen atoms in total. The third kappa shape index (κ3) is 3.14. The lowest BCUT2D eigenvalue weighted by molar-refractivity contribution is 0.159. The Hall–Kier alpha value is -2.19. The summed E-state index contributed by atoms with van der Waals surface area (Å²) in [4.78, 5) is 22.7. The molecular formula is C18H20N4O2S2. The summed E-state index contributed by atoms with van der Waals surface area (Å²) in [7, 11) is 0. The van der Waals surface area contributed by atoms with Crippen molar-refractivity contribution in [1.82, 2.24) is 19.4 Å². The van der Waals surface area contributed by atoms with Crippen molar-refractivity contribution in [2.24, 2.45) is 0 Å². The Morgan fingerprint density at radius 3 is 2.73 bits per heavy atom.